The fraction of sp³-hybridized carbons (Fsp3) is 1.00. The summed E-state index contributed by atoms with van der Waals surface area (Å²) in [7, 11) is 0. The van der Waals surface area contributed by atoms with Crippen LogP contribution in [0.25, 0.3) is 0 Å². The minimum atomic E-state index is 0.817. The van der Waals surface area contributed by atoms with Crippen molar-refractivity contribution in [2.24, 2.45) is 5.92 Å². The number of nitrogens with zero attached hydrogens (tertiary/aromatic N) is 1. The van der Waals surface area contributed by atoms with Crippen molar-refractivity contribution in [2.45, 2.75) is 83.7 Å². The molecule has 0 bridgehead atoms. The summed E-state index contributed by atoms with van der Waals surface area (Å²) in [6.45, 7) is 8.62. The van der Waals surface area contributed by atoms with E-state index in [1.54, 1.807) is 0 Å². The van der Waals surface area contributed by atoms with E-state index in [-0.39, 0.29) is 0 Å². The van der Waals surface area contributed by atoms with E-state index in [1.807, 2.05) is 0 Å². The van der Waals surface area contributed by atoms with Crippen LogP contribution in [0.2, 0.25) is 0 Å². The molecule has 2 rings (SSSR count). The zero-order chi connectivity index (χ0) is 13.5. The Morgan fingerprint density at radius 2 is 2.00 bits per heavy atom. The lowest BCUT2D eigenvalue weighted by Gasteiger charge is -2.34. The topological polar surface area (TPSA) is 15.3 Å². The summed E-state index contributed by atoms with van der Waals surface area (Å²) in [4.78, 5) is 2.70. The van der Waals surface area contributed by atoms with Gasteiger partial charge in [-0.3, -0.25) is 0 Å². The van der Waals surface area contributed by atoms with E-state index in [4.69, 9.17) is 0 Å². The van der Waals surface area contributed by atoms with Crippen molar-refractivity contribution in [1.29, 1.82) is 0 Å². The molecule has 0 amide bonds. The first kappa shape index (κ1) is 15.3. The average molecular weight is 266 g/mol. The highest BCUT2D eigenvalue weighted by Crippen LogP contribution is 2.26. The lowest BCUT2D eigenvalue weighted by molar-refractivity contribution is 0.157. The van der Waals surface area contributed by atoms with Crippen LogP contribution in [0, 0.1) is 5.92 Å². The SMILES string of the molecule is CCC1CCCC(NCCCN2CCCCC2C)C1. The third-order valence-electron chi connectivity index (χ3n) is 5.36. The summed E-state index contributed by atoms with van der Waals surface area (Å²) in [5, 5.41) is 3.81. The van der Waals surface area contributed by atoms with Gasteiger partial charge in [-0.2, -0.15) is 0 Å². The minimum absolute atomic E-state index is 0.817. The van der Waals surface area contributed by atoms with Crippen LogP contribution in [0.3, 0.4) is 0 Å². The average Bonchev–Trinajstić information content (AvgIpc) is 2.45. The molecule has 0 radical (unpaired) electrons. The van der Waals surface area contributed by atoms with Crippen molar-refractivity contribution in [3.05, 3.63) is 0 Å². The van der Waals surface area contributed by atoms with E-state index in [2.05, 4.69) is 24.1 Å². The van der Waals surface area contributed by atoms with Crippen molar-refractivity contribution in [3.63, 3.8) is 0 Å². The number of hydrogen-bond acceptors (Lipinski definition) is 2. The number of likely N-dealkylation sites (tertiary alicyclic amines) is 1. The van der Waals surface area contributed by atoms with Crippen LogP contribution in [0.5, 0.6) is 0 Å². The summed E-state index contributed by atoms with van der Waals surface area (Å²) >= 11 is 0. The maximum atomic E-state index is 3.81. The van der Waals surface area contributed by atoms with Crippen molar-refractivity contribution in [3.8, 4) is 0 Å². The van der Waals surface area contributed by atoms with Gasteiger partial charge in [-0.15, -0.1) is 0 Å². The molecule has 3 atom stereocenters. The molecule has 2 heteroatoms. The first-order valence-electron chi connectivity index (χ1n) is 8.77. The second-order valence-electron chi connectivity index (χ2n) is 6.83. The summed E-state index contributed by atoms with van der Waals surface area (Å²) in [6, 6.07) is 1.64. The molecule has 1 saturated carbocycles. The normalized spacial score (nSPS) is 33.5. The van der Waals surface area contributed by atoms with Crippen LogP contribution in [0.15, 0.2) is 0 Å². The first-order chi connectivity index (χ1) is 9.29. The number of piperidine rings is 1. The van der Waals surface area contributed by atoms with Gasteiger partial charge >= 0.3 is 0 Å². The molecule has 19 heavy (non-hydrogen) atoms. The fourth-order valence-corrected chi connectivity index (χ4v) is 3.93. The van der Waals surface area contributed by atoms with Gasteiger partial charge in [-0.1, -0.05) is 32.6 Å². The van der Waals surface area contributed by atoms with Crippen molar-refractivity contribution >= 4 is 0 Å². The maximum Gasteiger partial charge on any atom is 0.00697 e. The van der Waals surface area contributed by atoms with E-state index in [0.29, 0.717) is 0 Å². The molecule has 112 valence electrons. The smallest absolute Gasteiger partial charge is 0.00697 e. The molecule has 2 aliphatic rings. The van der Waals surface area contributed by atoms with Crippen LogP contribution < -0.4 is 5.32 Å². The summed E-state index contributed by atoms with van der Waals surface area (Å²) in [6.07, 6.45) is 12.7. The molecule has 1 heterocycles. The van der Waals surface area contributed by atoms with Gasteiger partial charge in [0.1, 0.15) is 0 Å². The van der Waals surface area contributed by atoms with E-state index in [0.717, 1.165) is 18.0 Å². The molecular formula is C17H34N2. The van der Waals surface area contributed by atoms with Crippen molar-refractivity contribution < 1.29 is 0 Å². The summed E-state index contributed by atoms with van der Waals surface area (Å²) in [5.41, 5.74) is 0. The highest BCUT2D eigenvalue weighted by Gasteiger charge is 2.20. The van der Waals surface area contributed by atoms with E-state index in [1.165, 1.54) is 77.4 Å². The van der Waals surface area contributed by atoms with Crippen LogP contribution in [0.4, 0.5) is 0 Å². The van der Waals surface area contributed by atoms with Crippen molar-refractivity contribution in [1.82, 2.24) is 10.2 Å². The molecule has 2 nitrogen and oxygen atoms in total. The highest BCUT2D eigenvalue weighted by molar-refractivity contribution is 4.78. The van der Waals surface area contributed by atoms with Crippen molar-refractivity contribution in [2.75, 3.05) is 19.6 Å². The molecule has 2 fully saturated rings. The van der Waals surface area contributed by atoms with Gasteiger partial charge in [-0.25, -0.2) is 0 Å². The predicted molar refractivity (Wildman–Crippen MR) is 83.5 cm³/mol. The Labute approximate surface area is 120 Å². The number of nitrogens with one attached hydrogen (secondary N) is 1. The molecule has 0 spiro atoms. The van der Waals surface area contributed by atoms with Gasteiger partial charge in [0.25, 0.3) is 0 Å². The Hall–Kier alpha value is -0.0800. The summed E-state index contributed by atoms with van der Waals surface area (Å²) < 4.78 is 0. The molecule has 0 aromatic heterocycles. The predicted octanol–water partition coefficient (Wildman–Crippen LogP) is 3.81. The second kappa shape index (κ2) is 8.26. The Morgan fingerprint density at radius 3 is 2.79 bits per heavy atom. The van der Waals surface area contributed by atoms with Gasteiger partial charge in [0.15, 0.2) is 0 Å². The Bertz CT molecular complexity index is 241. The lowest BCUT2D eigenvalue weighted by atomic mass is 9.84. The van der Waals surface area contributed by atoms with Gasteiger partial charge in [-0.05, 0) is 64.6 Å². The molecule has 1 aliphatic heterocycles. The van der Waals surface area contributed by atoms with Crippen LogP contribution >= 0.6 is 0 Å². The van der Waals surface area contributed by atoms with E-state index in [9.17, 15) is 0 Å². The third kappa shape index (κ3) is 5.07. The zero-order valence-electron chi connectivity index (χ0n) is 13.2. The standard InChI is InChI=1S/C17H34N2/c1-3-16-9-6-10-17(14-16)18-11-7-13-19-12-5-4-8-15(19)2/h15-18H,3-14H2,1-2H3. The van der Waals surface area contributed by atoms with Gasteiger partial charge in [0, 0.05) is 12.1 Å². The molecule has 1 saturated heterocycles. The second-order valence-corrected chi connectivity index (χ2v) is 6.83. The fourth-order valence-electron chi connectivity index (χ4n) is 3.93. The molecular weight excluding hydrogens is 232 g/mol. The Balaban J connectivity index is 1.56. The minimum Gasteiger partial charge on any atom is -0.314 e. The number of rotatable bonds is 6. The third-order valence-corrected chi connectivity index (χ3v) is 5.36. The molecule has 0 aromatic rings. The van der Waals surface area contributed by atoms with Gasteiger partial charge in [0.05, 0.1) is 0 Å². The van der Waals surface area contributed by atoms with Crippen LogP contribution in [-0.2, 0) is 0 Å². The Kier molecular flexibility index (Phi) is 6.66. The first-order valence-corrected chi connectivity index (χ1v) is 8.77. The monoisotopic (exact) mass is 266 g/mol. The molecule has 3 unspecified atom stereocenters. The molecule has 1 N–H and O–H groups in total. The molecule has 1 aliphatic carbocycles. The molecule has 0 aromatic carbocycles. The highest BCUT2D eigenvalue weighted by atomic mass is 15.2. The summed E-state index contributed by atoms with van der Waals surface area (Å²) in [5.74, 6) is 0.994. The van der Waals surface area contributed by atoms with E-state index >= 15 is 0 Å². The quantitative estimate of drug-likeness (QED) is 0.736. The number of hydrogen-bond donors (Lipinski definition) is 1. The Morgan fingerprint density at radius 1 is 1.11 bits per heavy atom. The van der Waals surface area contributed by atoms with Gasteiger partial charge in [0.2, 0.25) is 0 Å². The lowest BCUT2D eigenvalue weighted by Crippen LogP contribution is -2.40. The largest absolute Gasteiger partial charge is 0.314 e. The maximum absolute atomic E-state index is 3.81. The zero-order valence-corrected chi connectivity index (χ0v) is 13.2. The van der Waals surface area contributed by atoms with E-state index < -0.39 is 0 Å². The van der Waals surface area contributed by atoms with Gasteiger partial charge < -0.3 is 10.2 Å². The van der Waals surface area contributed by atoms with Crippen LogP contribution in [0.1, 0.15) is 71.6 Å². The van der Waals surface area contributed by atoms with Crippen LogP contribution in [-0.4, -0.2) is 36.6 Å².